The minimum absolute atomic E-state index is 0.116. The molecular weight excluding hydrogens is 239 g/mol. The number of fused-ring (bicyclic) bond motifs is 2. The lowest BCUT2D eigenvalue weighted by Gasteiger charge is -2.40. The van der Waals surface area contributed by atoms with Crippen molar-refractivity contribution in [1.29, 1.82) is 0 Å². The Morgan fingerprint density at radius 3 is 2.63 bits per heavy atom. The average Bonchev–Trinajstić information content (AvgIpc) is 2.68. The molecule has 2 heterocycles. The van der Waals surface area contributed by atoms with Gasteiger partial charge in [-0.15, -0.1) is 0 Å². The molecule has 1 aromatic rings. The average molecular weight is 262 g/mol. The highest BCUT2D eigenvalue weighted by Crippen LogP contribution is 2.42. The Morgan fingerprint density at radius 2 is 2.00 bits per heavy atom. The molecule has 3 rings (SSSR count). The fraction of sp³-hybridized carbons (Fsp3) is 0.625. The summed E-state index contributed by atoms with van der Waals surface area (Å²) in [6, 6.07) is 8.37. The van der Waals surface area contributed by atoms with Crippen LogP contribution in [0.15, 0.2) is 24.3 Å². The quantitative estimate of drug-likeness (QED) is 0.896. The number of halogens is 1. The maximum absolute atomic E-state index is 13.4. The number of hydrogen-bond donors (Lipinski definition) is 1. The summed E-state index contributed by atoms with van der Waals surface area (Å²) in [5.74, 6) is 0.726. The molecule has 19 heavy (non-hydrogen) atoms. The van der Waals surface area contributed by atoms with E-state index in [4.69, 9.17) is 0 Å². The lowest BCUT2D eigenvalue weighted by molar-refractivity contribution is 0.320. The molecule has 104 valence electrons. The van der Waals surface area contributed by atoms with Crippen molar-refractivity contribution in [3.8, 4) is 0 Å². The number of hydrogen-bond acceptors (Lipinski definition) is 2. The molecule has 0 radical (unpaired) electrons. The SMILES string of the molecule is CNCCC1CC2CCC(C1)N2c1cccc(F)c1. The summed E-state index contributed by atoms with van der Waals surface area (Å²) in [4.78, 5) is 2.49. The van der Waals surface area contributed by atoms with Crippen molar-refractivity contribution in [1.82, 2.24) is 5.32 Å². The molecule has 0 amide bonds. The Morgan fingerprint density at radius 1 is 1.26 bits per heavy atom. The predicted octanol–water partition coefficient (Wildman–Crippen LogP) is 3.18. The number of nitrogens with one attached hydrogen (secondary N) is 1. The molecule has 2 unspecified atom stereocenters. The maximum atomic E-state index is 13.4. The van der Waals surface area contributed by atoms with E-state index in [0.717, 1.165) is 18.2 Å². The van der Waals surface area contributed by atoms with Crippen molar-refractivity contribution >= 4 is 5.69 Å². The van der Waals surface area contributed by atoms with Crippen molar-refractivity contribution in [2.45, 2.75) is 44.2 Å². The molecular formula is C16H23FN2. The first-order valence-electron chi connectivity index (χ1n) is 7.46. The number of benzene rings is 1. The molecule has 2 atom stereocenters. The van der Waals surface area contributed by atoms with Gasteiger partial charge in [-0.25, -0.2) is 4.39 Å². The van der Waals surface area contributed by atoms with E-state index in [9.17, 15) is 4.39 Å². The van der Waals surface area contributed by atoms with Gasteiger partial charge in [0.15, 0.2) is 0 Å². The summed E-state index contributed by atoms with van der Waals surface area (Å²) in [7, 11) is 2.02. The summed E-state index contributed by atoms with van der Waals surface area (Å²) >= 11 is 0. The first-order valence-corrected chi connectivity index (χ1v) is 7.46. The van der Waals surface area contributed by atoms with Crippen molar-refractivity contribution in [3.05, 3.63) is 30.1 Å². The fourth-order valence-corrected chi connectivity index (χ4v) is 3.93. The summed E-state index contributed by atoms with van der Waals surface area (Å²) in [5, 5.41) is 3.25. The summed E-state index contributed by atoms with van der Waals surface area (Å²) in [6.07, 6.45) is 6.37. The van der Waals surface area contributed by atoms with E-state index in [1.807, 2.05) is 13.1 Å². The van der Waals surface area contributed by atoms with Gasteiger partial charge in [-0.3, -0.25) is 0 Å². The van der Waals surface area contributed by atoms with Gasteiger partial charge in [0.2, 0.25) is 0 Å². The number of piperidine rings is 1. The van der Waals surface area contributed by atoms with Crippen molar-refractivity contribution < 1.29 is 4.39 Å². The third-order valence-corrected chi connectivity index (χ3v) is 4.74. The van der Waals surface area contributed by atoms with Gasteiger partial charge in [0, 0.05) is 17.8 Å². The maximum Gasteiger partial charge on any atom is 0.125 e. The van der Waals surface area contributed by atoms with E-state index >= 15 is 0 Å². The Bertz CT molecular complexity index is 421. The van der Waals surface area contributed by atoms with Crippen molar-refractivity contribution in [3.63, 3.8) is 0 Å². The topological polar surface area (TPSA) is 15.3 Å². The standard InChI is InChI=1S/C16H23FN2/c1-18-8-7-12-9-15-5-6-16(10-12)19(15)14-4-2-3-13(17)11-14/h2-4,11-12,15-16,18H,5-10H2,1H3. The minimum Gasteiger partial charge on any atom is -0.365 e. The second kappa shape index (κ2) is 5.49. The van der Waals surface area contributed by atoms with Crippen LogP contribution in [0, 0.1) is 11.7 Å². The summed E-state index contributed by atoms with van der Waals surface area (Å²) < 4.78 is 13.4. The van der Waals surface area contributed by atoms with Crippen LogP contribution in [-0.2, 0) is 0 Å². The zero-order valence-corrected chi connectivity index (χ0v) is 11.6. The zero-order chi connectivity index (χ0) is 13.2. The van der Waals surface area contributed by atoms with E-state index in [1.165, 1.54) is 38.2 Å². The predicted molar refractivity (Wildman–Crippen MR) is 77.0 cm³/mol. The fourth-order valence-electron chi connectivity index (χ4n) is 3.93. The van der Waals surface area contributed by atoms with Gasteiger partial charge in [0.25, 0.3) is 0 Å². The highest BCUT2D eigenvalue weighted by Gasteiger charge is 2.40. The zero-order valence-electron chi connectivity index (χ0n) is 11.6. The van der Waals surface area contributed by atoms with Crippen molar-refractivity contribution in [2.75, 3.05) is 18.5 Å². The number of rotatable bonds is 4. The van der Waals surface area contributed by atoms with Crippen LogP contribution in [0.4, 0.5) is 10.1 Å². The lowest BCUT2D eigenvalue weighted by Crippen LogP contribution is -2.43. The van der Waals surface area contributed by atoms with Crippen LogP contribution >= 0.6 is 0 Å². The smallest absolute Gasteiger partial charge is 0.125 e. The second-order valence-corrected chi connectivity index (χ2v) is 6.00. The Hall–Kier alpha value is -1.09. The largest absolute Gasteiger partial charge is 0.365 e. The van der Waals surface area contributed by atoms with E-state index in [0.29, 0.717) is 12.1 Å². The molecule has 1 aromatic carbocycles. The third kappa shape index (κ3) is 2.62. The molecule has 0 spiro atoms. The van der Waals surface area contributed by atoms with Crippen LogP contribution in [0.5, 0.6) is 0 Å². The van der Waals surface area contributed by atoms with E-state index < -0.39 is 0 Å². The molecule has 2 aliphatic rings. The first kappa shape index (κ1) is 12.9. The molecule has 2 nitrogen and oxygen atoms in total. The van der Waals surface area contributed by atoms with E-state index in [1.54, 1.807) is 6.07 Å². The molecule has 0 aliphatic carbocycles. The first-order chi connectivity index (χ1) is 9.28. The number of nitrogens with zero attached hydrogens (tertiary/aromatic N) is 1. The third-order valence-electron chi connectivity index (χ3n) is 4.74. The van der Waals surface area contributed by atoms with Gasteiger partial charge in [-0.2, -0.15) is 0 Å². The van der Waals surface area contributed by atoms with Gasteiger partial charge in [-0.05, 0) is 69.8 Å². The Labute approximate surface area is 115 Å². The second-order valence-electron chi connectivity index (χ2n) is 6.00. The van der Waals surface area contributed by atoms with Crippen LogP contribution in [0.1, 0.15) is 32.1 Å². The van der Waals surface area contributed by atoms with Crippen LogP contribution in [-0.4, -0.2) is 25.7 Å². The highest BCUT2D eigenvalue weighted by molar-refractivity contribution is 5.50. The van der Waals surface area contributed by atoms with Gasteiger partial charge < -0.3 is 10.2 Å². The van der Waals surface area contributed by atoms with Crippen LogP contribution in [0.2, 0.25) is 0 Å². The minimum atomic E-state index is -0.116. The molecule has 3 heteroatoms. The van der Waals surface area contributed by atoms with Crippen molar-refractivity contribution in [2.24, 2.45) is 5.92 Å². The number of anilines is 1. The van der Waals surface area contributed by atoms with E-state index in [-0.39, 0.29) is 5.82 Å². The molecule has 2 fully saturated rings. The van der Waals surface area contributed by atoms with Gasteiger partial charge in [0.1, 0.15) is 5.82 Å². The molecule has 2 aliphatic heterocycles. The molecule has 0 saturated carbocycles. The Balaban J connectivity index is 1.73. The van der Waals surface area contributed by atoms with Crippen LogP contribution in [0.25, 0.3) is 0 Å². The highest BCUT2D eigenvalue weighted by atomic mass is 19.1. The molecule has 2 saturated heterocycles. The normalized spacial score (nSPS) is 29.8. The molecule has 0 aromatic heterocycles. The Kier molecular flexibility index (Phi) is 3.74. The van der Waals surface area contributed by atoms with E-state index in [2.05, 4.69) is 16.3 Å². The van der Waals surface area contributed by atoms with Gasteiger partial charge in [0.05, 0.1) is 0 Å². The summed E-state index contributed by atoms with van der Waals surface area (Å²) in [5.41, 5.74) is 1.08. The molecule has 2 bridgehead atoms. The van der Waals surface area contributed by atoms with Crippen LogP contribution in [0.3, 0.4) is 0 Å². The van der Waals surface area contributed by atoms with Crippen LogP contribution < -0.4 is 10.2 Å². The summed E-state index contributed by atoms with van der Waals surface area (Å²) in [6.45, 7) is 1.12. The van der Waals surface area contributed by atoms with Gasteiger partial charge >= 0.3 is 0 Å². The lowest BCUT2D eigenvalue weighted by atomic mass is 9.88. The van der Waals surface area contributed by atoms with Gasteiger partial charge in [-0.1, -0.05) is 6.07 Å². The monoisotopic (exact) mass is 262 g/mol. The molecule has 1 N–H and O–H groups in total.